The quantitative estimate of drug-likeness (QED) is 0.415. The summed E-state index contributed by atoms with van der Waals surface area (Å²) in [4.78, 5) is 34.9. The predicted molar refractivity (Wildman–Crippen MR) is 122 cm³/mol. The van der Waals surface area contributed by atoms with Gasteiger partial charge in [-0.25, -0.2) is 18.9 Å². The molecule has 5 rings (SSSR count). The maximum Gasteiger partial charge on any atom is 0.330 e. The molecule has 0 aliphatic carbocycles. The fourth-order valence-corrected chi connectivity index (χ4v) is 4.25. The topological polar surface area (TPSA) is 88.2 Å². The molecule has 8 nitrogen and oxygen atoms in total. The minimum Gasteiger partial charge on any atom is -0.467 e. The standard InChI is InChI=1S/C25H21FN4O4/c1-33-24(32)20-8-5-15-29-23(31)21(16-9-11-17(26)12-10-16)22(30(20)29)19-13-14-27-25(28-19)34-18-6-3-2-4-7-18/h2-4,6-7,9-14,20H,5,8,15H2,1H3. The van der Waals surface area contributed by atoms with Crippen molar-refractivity contribution in [1.29, 1.82) is 0 Å². The molecule has 2 aromatic heterocycles. The highest BCUT2D eigenvalue weighted by Gasteiger charge is 2.34. The van der Waals surface area contributed by atoms with Crippen molar-refractivity contribution in [2.45, 2.75) is 25.4 Å². The van der Waals surface area contributed by atoms with Crippen molar-refractivity contribution in [3.8, 4) is 34.3 Å². The van der Waals surface area contributed by atoms with Crippen LogP contribution in [0, 0.1) is 5.82 Å². The maximum atomic E-state index is 13.6. The Morgan fingerprint density at radius 2 is 1.85 bits per heavy atom. The van der Waals surface area contributed by atoms with E-state index in [0.29, 0.717) is 47.7 Å². The molecule has 1 unspecified atom stereocenters. The number of rotatable bonds is 5. The first-order valence-corrected chi connectivity index (χ1v) is 10.8. The normalized spacial score (nSPS) is 14.9. The Balaban J connectivity index is 1.72. The summed E-state index contributed by atoms with van der Waals surface area (Å²) in [7, 11) is 1.32. The van der Waals surface area contributed by atoms with Crippen LogP contribution in [0.5, 0.6) is 11.8 Å². The molecule has 0 saturated carbocycles. The number of nitrogens with zero attached hydrogens (tertiary/aromatic N) is 4. The van der Waals surface area contributed by atoms with Crippen LogP contribution in [-0.2, 0) is 16.1 Å². The number of para-hydroxylation sites is 1. The number of aromatic nitrogens is 4. The van der Waals surface area contributed by atoms with E-state index in [0.717, 1.165) is 0 Å². The number of hydrogen-bond acceptors (Lipinski definition) is 6. The van der Waals surface area contributed by atoms with Gasteiger partial charge in [-0.05, 0) is 48.7 Å². The molecule has 0 N–H and O–H groups in total. The fraction of sp³-hybridized carbons (Fsp3) is 0.200. The number of hydrogen-bond donors (Lipinski definition) is 0. The first kappa shape index (κ1) is 21.6. The van der Waals surface area contributed by atoms with Crippen molar-refractivity contribution in [3.63, 3.8) is 0 Å². The first-order chi connectivity index (χ1) is 16.6. The van der Waals surface area contributed by atoms with Crippen LogP contribution in [0.4, 0.5) is 4.39 Å². The Kier molecular flexibility index (Phi) is 5.67. The number of ether oxygens (including phenoxy) is 2. The number of methoxy groups -OCH3 is 1. The Labute approximate surface area is 194 Å². The first-order valence-electron chi connectivity index (χ1n) is 10.8. The van der Waals surface area contributed by atoms with Gasteiger partial charge >= 0.3 is 12.0 Å². The van der Waals surface area contributed by atoms with Gasteiger partial charge in [0.2, 0.25) is 0 Å². The van der Waals surface area contributed by atoms with Crippen LogP contribution in [0.1, 0.15) is 18.9 Å². The summed E-state index contributed by atoms with van der Waals surface area (Å²) >= 11 is 0. The highest BCUT2D eigenvalue weighted by Crippen LogP contribution is 2.36. The van der Waals surface area contributed by atoms with E-state index in [1.807, 2.05) is 18.2 Å². The molecule has 1 aliphatic rings. The van der Waals surface area contributed by atoms with Crippen molar-refractivity contribution in [1.82, 2.24) is 19.3 Å². The molecule has 9 heteroatoms. The van der Waals surface area contributed by atoms with E-state index >= 15 is 0 Å². The summed E-state index contributed by atoms with van der Waals surface area (Å²) in [5.74, 6) is -0.311. The minimum atomic E-state index is -0.705. The van der Waals surface area contributed by atoms with E-state index in [1.54, 1.807) is 22.9 Å². The summed E-state index contributed by atoms with van der Waals surface area (Å²) in [5, 5.41) is 0. The highest BCUT2D eigenvalue weighted by molar-refractivity contribution is 5.82. The number of carbonyl (C=O) groups is 1. The van der Waals surface area contributed by atoms with Gasteiger partial charge in [0.05, 0.1) is 24.1 Å². The molecule has 2 aromatic carbocycles. The molecule has 0 bridgehead atoms. The molecule has 0 amide bonds. The summed E-state index contributed by atoms with van der Waals surface area (Å²) in [6.07, 6.45) is 2.67. The number of halogens is 1. The van der Waals surface area contributed by atoms with Crippen molar-refractivity contribution < 1.29 is 18.7 Å². The third-order valence-corrected chi connectivity index (χ3v) is 5.75. The molecular formula is C25H21FN4O4. The summed E-state index contributed by atoms with van der Waals surface area (Å²) in [6.45, 7) is 0.430. The van der Waals surface area contributed by atoms with E-state index in [-0.39, 0.29) is 11.6 Å². The third-order valence-electron chi connectivity index (χ3n) is 5.75. The molecule has 0 radical (unpaired) electrons. The fourth-order valence-electron chi connectivity index (χ4n) is 4.25. The lowest BCUT2D eigenvalue weighted by Gasteiger charge is -2.27. The van der Waals surface area contributed by atoms with E-state index in [2.05, 4.69) is 9.97 Å². The highest BCUT2D eigenvalue weighted by atomic mass is 19.1. The van der Waals surface area contributed by atoms with Crippen molar-refractivity contribution in [2.75, 3.05) is 7.11 Å². The van der Waals surface area contributed by atoms with Crippen molar-refractivity contribution in [2.24, 2.45) is 0 Å². The number of carbonyl (C=O) groups excluding carboxylic acids is 1. The van der Waals surface area contributed by atoms with Gasteiger partial charge in [-0.2, -0.15) is 4.98 Å². The van der Waals surface area contributed by atoms with Gasteiger partial charge in [-0.15, -0.1) is 0 Å². The van der Waals surface area contributed by atoms with Crippen LogP contribution in [0.3, 0.4) is 0 Å². The second-order valence-corrected chi connectivity index (χ2v) is 7.82. The molecule has 0 fully saturated rings. The summed E-state index contributed by atoms with van der Waals surface area (Å²) in [6, 6.07) is 15.8. The van der Waals surface area contributed by atoms with Crippen LogP contribution in [0.15, 0.2) is 71.7 Å². The van der Waals surface area contributed by atoms with Crippen molar-refractivity contribution >= 4 is 5.97 Å². The molecule has 34 heavy (non-hydrogen) atoms. The Bertz CT molecular complexity index is 1400. The van der Waals surface area contributed by atoms with Gasteiger partial charge in [0, 0.05) is 12.7 Å². The Hall–Kier alpha value is -4.27. The second-order valence-electron chi connectivity index (χ2n) is 7.82. The van der Waals surface area contributed by atoms with Crippen LogP contribution < -0.4 is 10.3 Å². The Morgan fingerprint density at radius 1 is 1.09 bits per heavy atom. The zero-order valence-corrected chi connectivity index (χ0v) is 18.3. The predicted octanol–water partition coefficient (Wildman–Crippen LogP) is 4.21. The minimum absolute atomic E-state index is 0.0900. The molecule has 0 spiro atoms. The van der Waals surface area contributed by atoms with E-state index < -0.39 is 17.8 Å². The SMILES string of the molecule is COC(=O)C1CCCn2c(=O)c(-c3ccc(F)cc3)c(-c3ccnc(Oc4ccccc4)n3)n21. The van der Waals surface area contributed by atoms with Gasteiger partial charge in [-0.1, -0.05) is 30.3 Å². The van der Waals surface area contributed by atoms with Gasteiger partial charge in [-0.3, -0.25) is 9.48 Å². The number of esters is 1. The lowest BCUT2D eigenvalue weighted by Crippen LogP contribution is -2.35. The Morgan fingerprint density at radius 3 is 2.59 bits per heavy atom. The number of fused-ring (bicyclic) bond motifs is 1. The monoisotopic (exact) mass is 460 g/mol. The van der Waals surface area contributed by atoms with Crippen molar-refractivity contribution in [3.05, 3.63) is 83.0 Å². The van der Waals surface area contributed by atoms with Gasteiger partial charge in [0.1, 0.15) is 17.6 Å². The number of benzene rings is 2. The lowest BCUT2D eigenvalue weighted by molar-refractivity contribution is -0.146. The van der Waals surface area contributed by atoms with Crippen LogP contribution in [-0.4, -0.2) is 32.4 Å². The smallest absolute Gasteiger partial charge is 0.330 e. The average molecular weight is 460 g/mol. The lowest BCUT2D eigenvalue weighted by atomic mass is 10.0. The summed E-state index contributed by atoms with van der Waals surface area (Å²) in [5.41, 5.74) is 1.36. The van der Waals surface area contributed by atoms with Gasteiger partial charge < -0.3 is 9.47 Å². The van der Waals surface area contributed by atoms with Crippen LogP contribution in [0.2, 0.25) is 0 Å². The van der Waals surface area contributed by atoms with E-state index in [1.165, 1.54) is 42.3 Å². The van der Waals surface area contributed by atoms with Crippen LogP contribution in [0.25, 0.3) is 22.5 Å². The van der Waals surface area contributed by atoms with E-state index in [4.69, 9.17) is 9.47 Å². The third kappa shape index (κ3) is 3.85. The summed E-state index contributed by atoms with van der Waals surface area (Å²) < 4.78 is 27.6. The molecule has 0 saturated heterocycles. The zero-order chi connectivity index (χ0) is 23.7. The molecule has 1 atom stereocenters. The van der Waals surface area contributed by atoms with Crippen LogP contribution >= 0.6 is 0 Å². The molecule has 3 heterocycles. The van der Waals surface area contributed by atoms with Gasteiger partial charge in [0.15, 0.2) is 0 Å². The molecular weight excluding hydrogens is 439 g/mol. The van der Waals surface area contributed by atoms with E-state index in [9.17, 15) is 14.0 Å². The zero-order valence-electron chi connectivity index (χ0n) is 18.3. The average Bonchev–Trinajstić information content (AvgIpc) is 3.17. The maximum absolute atomic E-state index is 13.6. The van der Waals surface area contributed by atoms with Gasteiger partial charge in [0.25, 0.3) is 5.56 Å². The largest absolute Gasteiger partial charge is 0.467 e. The molecule has 1 aliphatic heterocycles. The second kappa shape index (κ2) is 8.93. The molecule has 4 aromatic rings. The molecule has 172 valence electrons.